The van der Waals surface area contributed by atoms with Crippen molar-refractivity contribution in [3.8, 4) is 5.75 Å². The standard InChI is InChI=1S/C28H24BrN3O4S/c1-20-7-14-26(15-8-20)37(34,35)32-25-12-9-22(10-13-25)28(33)31-30-18-23-17-24(29)11-16-27(23)36-19-21-5-3-2-4-6-21/h2-18,32H,19H2,1H3,(H,31,33). The summed E-state index contributed by atoms with van der Waals surface area (Å²) in [6.45, 7) is 2.28. The number of sulfonamides is 1. The SMILES string of the molecule is Cc1ccc(S(=O)(=O)Nc2ccc(C(=O)NN=Cc3cc(Br)ccc3OCc3ccccc3)cc2)cc1. The lowest BCUT2D eigenvalue weighted by Gasteiger charge is -2.10. The molecule has 9 heteroatoms. The minimum absolute atomic E-state index is 0.161. The summed E-state index contributed by atoms with van der Waals surface area (Å²) in [4.78, 5) is 12.7. The van der Waals surface area contributed by atoms with Crippen LogP contribution >= 0.6 is 15.9 Å². The third-order valence-corrected chi connectivity index (χ3v) is 7.20. The molecule has 4 rings (SSSR count). The van der Waals surface area contributed by atoms with Gasteiger partial charge in [0, 0.05) is 21.3 Å². The average Bonchev–Trinajstić information content (AvgIpc) is 2.89. The molecule has 0 saturated carbocycles. The number of anilines is 1. The van der Waals surface area contributed by atoms with E-state index >= 15 is 0 Å². The largest absolute Gasteiger partial charge is 0.488 e. The quantitative estimate of drug-likeness (QED) is 0.191. The zero-order valence-electron chi connectivity index (χ0n) is 19.9. The fraction of sp³-hybridized carbons (Fsp3) is 0.0714. The van der Waals surface area contributed by atoms with Gasteiger partial charge in [-0.05, 0) is 67.1 Å². The maximum atomic E-state index is 12.6. The number of halogens is 1. The van der Waals surface area contributed by atoms with Gasteiger partial charge in [0.25, 0.3) is 15.9 Å². The fourth-order valence-corrected chi connectivity index (χ4v) is 4.77. The first-order valence-electron chi connectivity index (χ1n) is 11.3. The summed E-state index contributed by atoms with van der Waals surface area (Å²) in [5.74, 6) is 0.182. The monoisotopic (exact) mass is 577 g/mol. The number of aryl methyl sites for hydroxylation is 1. The normalized spacial score (nSPS) is 11.3. The van der Waals surface area contributed by atoms with Crippen molar-refractivity contribution in [2.45, 2.75) is 18.4 Å². The van der Waals surface area contributed by atoms with Crippen molar-refractivity contribution in [3.63, 3.8) is 0 Å². The van der Waals surface area contributed by atoms with Gasteiger partial charge in [0.05, 0.1) is 11.1 Å². The molecule has 0 aromatic heterocycles. The van der Waals surface area contributed by atoms with Crippen LogP contribution in [0.3, 0.4) is 0 Å². The smallest absolute Gasteiger partial charge is 0.271 e. The number of nitrogens with zero attached hydrogens (tertiary/aromatic N) is 1. The Labute approximate surface area is 224 Å². The van der Waals surface area contributed by atoms with Crippen molar-refractivity contribution in [2.75, 3.05) is 4.72 Å². The Kier molecular flexibility index (Phi) is 8.37. The lowest BCUT2D eigenvalue weighted by Crippen LogP contribution is -2.18. The number of nitrogens with one attached hydrogen (secondary N) is 2. The van der Waals surface area contributed by atoms with Crippen LogP contribution in [0.2, 0.25) is 0 Å². The van der Waals surface area contributed by atoms with Crippen LogP contribution in [0.4, 0.5) is 5.69 Å². The summed E-state index contributed by atoms with van der Waals surface area (Å²) in [5.41, 5.74) is 5.84. The first-order chi connectivity index (χ1) is 17.8. The van der Waals surface area contributed by atoms with Gasteiger partial charge in [-0.3, -0.25) is 9.52 Å². The van der Waals surface area contributed by atoms with Crippen molar-refractivity contribution in [1.29, 1.82) is 0 Å². The van der Waals surface area contributed by atoms with Crippen LogP contribution in [0.5, 0.6) is 5.75 Å². The van der Waals surface area contributed by atoms with E-state index in [-0.39, 0.29) is 4.90 Å². The van der Waals surface area contributed by atoms with Crippen LogP contribution in [-0.4, -0.2) is 20.5 Å². The predicted octanol–water partition coefficient (Wildman–Crippen LogP) is 5.90. The van der Waals surface area contributed by atoms with Crippen LogP contribution in [0.15, 0.2) is 112 Å². The third kappa shape index (κ3) is 7.28. The minimum Gasteiger partial charge on any atom is -0.488 e. The van der Waals surface area contributed by atoms with E-state index in [0.717, 1.165) is 15.6 Å². The molecule has 0 atom stereocenters. The van der Waals surface area contributed by atoms with E-state index in [9.17, 15) is 13.2 Å². The predicted molar refractivity (Wildman–Crippen MR) is 148 cm³/mol. The molecular formula is C28H24BrN3O4S. The molecule has 0 fully saturated rings. The van der Waals surface area contributed by atoms with Gasteiger partial charge >= 0.3 is 0 Å². The van der Waals surface area contributed by atoms with Gasteiger partial charge in [-0.25, -0.2) is 13.8 Å². The second-order valence-electron chi connectivity index (χ2n) is 8.15. The number of amides is 1. The van der Waals surface area contributed by atoms with E-state index in [1.165, 1.54) is 30.5 Å². The molecule has 4 aromatic rings. The molecule has 188 valence electrons. The van der Waals surface area contributed by atoms with Crippen molar-refractivity contribution < 1.29 is 17.9 Å². The minimum atomic E-state index is -3.73. The second-order valence-corrected chi connectivity index (χ2v) is 10.7. The van der Waals surface area contributed by atoms with Crippen LogP contribution < -0.4 is 14.9 Å². The molecule has 0 heterocycles. The number of carbonyl (C=O) groups excluding carboxylic acids is 1. The molecule has 0 aliphatic carbocycles. The van der Waals surface area contributed by atoms with Crippen molar-refractivity contribution in [1.82, 2.24) is 5.43 Å². The Balaban J connectivity index is 1.38. The molecule has 0 aliphatic rings. The topological polar surface area (TPSA) is 96.9 Å². The molecule has 4 aromatic carbocycles. The number of hydrazone groups is 1. The zero-order chi connectivity index (χ0) is 26.3. The molecule has 7 nitrogen and oxygen atoms in total. The van der Waals surface area contributed by atoms with E-state index in [1.54, 1.807) is 24.3 Å². The maximum absolute atomic E-state index is 12.6. The first kappa shape index (κ1) is 26.1. The number of carbonyl (C=O) groups is 1. The number of rotatable bonds is 9. The van der Waals surface area contributed by atoms with Gasteiger partial charge in [0.2, 0.25) is 0 Å². The zero-order valence-corrected chi connectivity index (χ0v) is 22.3. The van der Waals surface area contributed by atoms with Crippen molar-refractivity contribution >= 4 is 43.8 Å². The summed E-state index contributed by atoms with van der Waals surface area (Å²) in [7, 11) is -3.73. The third-order valence-electron chi connectivity index (χ3n) is 5.31. The van der Waals surface area contributed by atoms with Gasteiger partial charge in [-0.15, -0.1) is 0 Å². The number of hydrogen-bond acceptors (Lipinski definition) is 5. The molecule has 0 unspecified atom stereocenters. The molecule has 0 spiro atoms. The summed E-state index contributed by atoms with van der Waals surface area (Å²) >= 11 is 3.44. The first-order valence-corrected chi connectivity index (χ1v) is 13.6. The molecule has 37 heavy (non-hydrogen) atoms. The molecule has 0 saturated heterocycles. The highest BCUT2D eigenvalue weighted by Gasteiger charge is 2.14. The Bertz CT molecular complexity index is 1510. The molecule has 0 radical (unpaired) electrons. The van der Waals surface area contributed by atoms with E-state index < -0.39 is 15.9 Å². The average molecular weight is 578 g/mol. The van der Waals surface area contributed by atoms with Crippen LogP contribution in [0.25, 0.3) is 0 Å². The highest BCUT2D eigenvalue weighted by atomic mass is 79.9. The van der Waals surface area contributed by atoms with Crippen LogP contribution in [0, 0.1) is 6.92 Å². The van der Waals surface area contributed by atoms with Crippen molar-refractivity contribution in [3.05, 3.63) is 124 Å². The Hall–Kier alpha value is -3.95. The Morgan fingerprint density at radius 1 is 0.946 bits per heavy atom. The second kappa shape index (κ2) is 11.9. The van der Waals surface area contributed by atoms with Crippen LogP contribution in [0.1, 0.15) is 27.0 Å². The lowest BCUT2D eigenvalue weighted by molar-refractivity contribution is 0.0955. The molecule has 1 amide bonds. The molecule has 0 aliphatic heterocycles. The summed E-state index contributed by atoms with van der Waals surface area (Å²) in [6.07, 6.45) is 1.51. The molecule has 2 N–H and O–H groups in total. The molecule has 0 bridgehead atoms. The van der Waals surface area contributed by atoms with Gasteiger partial charge in [-0.2, -0.15) is 5.10 Å². The Morgan fingerprint density at radius 2 is 1.65 bits per heavy atom. The van der Waals surface area contributed by atoms with E-state index in [4.69, 9.17) is 4.74 Å². The summed E-state index contributed by atoms with van der Waals surface area (Å²) in [5, 5.41) is 4.07. The van der Waals surface area contributed by atoms with Gasteiger partial charge in [0.1, 0.15) is 12.4 Å². The number of ether oxygens (including phenoxy) is 1. The van der Waals surface area contributed by atoms with Gasteiger partial charge in [0.15, 0.2) is 0 Å². The van der Waals surface area contributed by atoms with E-state index in [2.05, 4.69) is 31.2 Å². The highest BCUT2D eigenvalue weighted by Crippen LogP contribution is 2.23. The lowest BCUT2D eigenvalue weighted by atomic mass is 10.2. The number of hydrogen-bond donors (Lipinski definition) is 2. The molecular weight excluding hydrogens is 554 g/mol. The van der Waals surface area contributed by atoms with E-state index in [0.29, 0.717) is 29.2 Å². The highest BCUT2D eigenvalue weighted by molar-refractivity contribution is 9.10. The maximum Gasteiger partial charge on any atom is 0.271 e. The van der Waals surface area contributed by atoms with Crippen LogP contribution in [-0.2, 0) is 16.6 Å². The van der Waals surface area contributed by atoms with Gasteiger partial charge in [-0.1, -0.05) is 64.0 Å². The summed E-state index contributed by atoms with van der Waals surface area (Å²) in [6, 6.07) is 28.0. The summed E-state index contributed by atoms with van der Waals surface area (Å²) < 4.78 is 34.4. The van der Waals surface area contributed by atoms with Crippen molar-refractivity contribution in [2.24, 2.45) is 5.10 Å². The fourth-order valence-electron chi connectivity index (χ4n) is 3.33. The number of benzene rings is 4. The van der Waals surface area contributed by atoms with E-state index in [1.807, 2.05) is 55.5 Å². The van der Waals surface area contributed by atoms with Gasteiger partial charge < -0.3 is 4.74 Å². The Morgan fingerprint density at radius 3 is 2.35 bits per heavy atom.